The zero-order valence-corrected chi connectivity index (χ0v) is 14.6. The van der Waals surface area contributed by atoms with Crippen LogP contribution in [0.15, 0.2) is 60.9 Å². The third-order valence-electron chi connectivity index (χ3n) is 3.66. The minimum Gasteiger partial charge on any atom is -0.496 e. The molecule has 2 N–H and O–H groups in total. The van der Waals surface area contributed by atoms with Crippen LogP contribution >= 0.6 is 11.6 Å². The summed E-state index contributed by atoms with van der Waals surface area (Å²) in [5.74, 6) is 2.36. The molecule has 0 saturated heterocycles. The van der Waals surface area contributed by atoms with E-state index < -0.39 is 0 Å². The first kappa shape index (κ1) is 17.0. The molecule has 0 unspecified atom stereocenters. The number of hydrogen-bond donors (Lipinski definition) is 2. The number of aromatic nitrogens is 2. The summed E-state index contributed by atoms with van der Waals surface area (Å²) in [4.78, 5) is 8.49. The predicted molar refractivity (Wildman–Crippen MR) is 102 cm³/mol. The molecule has 3 aromatic rings. The zero-order chi connectivity index (χ0) is 17.5. The number of methoxy groups -OCH3 is 1. The van der Waals surface area contributed by atoms with Gasteiger partial charge in [-0.1, -0.05) is 35.9 Å². The minimum absolute atomic E-state index is 0.675. The number of anilines is 3. The number of rotatable bonds is 7. The molecule has 1 heterocycles. The first-order chi connectivity index (χ1) is 12.2. The van der Waals surface area contributed by atoms with Crippen molar-refractivity contribution in [2.24, 2.45) is 0 Å². The molecule has 0 aliphatic rings. The van der Waals surface area contributed by atoms with Crippen molar-refractivity contribution < 1.29 is 4.74 Å². The van der Waals surface area contributed by atoms with E-state index >= 15 is 0 Å². The maximum absolute atomic E-state index is 6.00. The molecule has 2 aromatic carbocycles. The van der Waals surface area contributed by atoms with E-state index in [0.717, 1.165) is 35.8 Å². The highest BCUT2D eigenvalue weighted by Gasteiger charge is 2.03. The van der Waals surface area contributed by atoms with Gasteiger partial charge in [0.15, 0.2) is 0 Å². The van der Waals surface area contributed by atoms with Gasteiger partial charge in [-0.3, -0.25) is 0 Å². The van der Waals surface area contributed by atoms with Gasteiger partial charge in [-0.05, 0) is 36.2 Å². The SMILES string of the molecule is COc1ccccc1CCNc1cc(Nc2cccc(Cl)c2)ncn1. The highest BCUT2D eigenvalue weighted by molar-refractivity contribution is 6.30. The van der Waals surface area contributed by atoms with Crippen LogP contribution in [-0.2, 0) is 6.42 Å². The monoisotopic (exact) mass is 354 g/mol. The van der Waals surface area contributed by atoms with E-state index in [1.54, 1.807) is 7.11 Å². The quantitative estimate of drug-likeness (QED) is 0.652. The van der Waals surface area contributed by atoms with E-state index in [2.05, 4.69) is 26.7 Å². The van der Waals surface area contributed by atoms with E-state index in [1.807, 2.05) is 48.5 Å². The molecule has 1 aromatic heterocycles. The number of hydrogen-bond acceptors (Lipinski definition) is 5. The average molecular weight is 355 g/mol. The molecule has 3 rings (SSSR count). The van der Waals surface area contributed by atoms with Crippen LogP contribution in [0, 0.1) is 0 Å². The minimum atomic E-state index is 0.675. The van der Waals surface area contributed by atoms with E-state index in [-0.39, 0.29) is 0 Å². The molecule has 0 spiro atoms. The fraction of sp³-hybridized carbons (Fsp3) is 0.158. The second-order valence-corrected chi connectivity index (χ2v) is 5.85. The Morgan fingerprint density at radius 1 is 1.00 bits per heavy atom. The van der Waals surface area contributed by atoms with Gasteiger partial charge in [0, 0.05) is 23.3 Å². The first-order valence-corrected chi connectivity index (χ1v) is 8.33. The van der Waals surface area contributed by atoms with Gasteiger partial charge in [0.1, 0.15) is 23.7 Å². The molecule has 0 bridgehead atoms. The highest BCUT2D eigenvalue weighted by Crippen LogP contribution is 2.20. The number of nitrogens with zero attached hydrogens (tertiary/aromatic N) is 2. The second-order valence-electron chi connectivity index (χ2n) is 5.41. The summed E-state index contributed by atoms with van der Waals surface area (Å²) in [5.41, 5.74) is 2.04. The normalized spacial score (nSPS) is 10.3. The molecule has 0 amide bonds. The Balaban J connectivity index is 1.60. The Hall–Kier alpha value is -2.79. The molecule has 5 nitrogen and oxygen atoms in total. The van der Waals surface area contributed by atoms with Crippen molar-refractivity contribution in [2.75, 3.05) is 24.3 Å². The Morgan fingerprint density at radius 2 is 1.84 bits per heavy atom. The zero-order valence-electron chi connectivity index (χ0n) is 13.9. The van der Waals surface area contributed by atoms with Gasteiger partial charge >= 0.3 is 0 Å². The summed E-state index contributed by atoms with van der Waals surface area (Å²) >= 11 is 6.00. The van der Waals surface area contributed by atoms with Crippen LogP contribution in [-0.4, -0.2) is 23.6 Å². The van der Waals surface area contributed by atoms with Crippen LogP contribution in [0.5, 0.6) is 5.75 Å². The number of nitrogens with one attached hydrogen (secondary N) is 2. The topological polar surface area (TPSA) is 59.1 Å². The largest absolute Gasteiger partial charge is 0.496 e. The molecule has 0 aliphatic heterocycles. The number of benzene rings is 2. The first-order valence-electron chi connectivity index (χ1n) is 7.95. The Morgan fingerprint density at radius 3 is 2.68 bits per heavy atom. The van der Waals surface area contributed by atoms with Crippen LogP contribution in [0.4, 0.5) is 17.3 Å². The molecular weight excluding hydrogens is 336 g/mol. The molecule has 0 radical (unpaired) electrons. The molecule has 6 heteroatoms. The average Bonchev–Trinajstić information content (AvgIpc) is 2.62. The van der Waals surface area contributed by atoms with Crippen molar-refractivity contribution in [1.82, 2.24) is 9.97 Å². The lowest BCUT2D eigenvalue weighted by Gasteiger charge is -2.10. The van der Waals surface area contributed by atoms with Crippen molar-refractivity contribution in [1.29, 1.82) is 0 Å². The number of para-hydroxylation sites is 1. The summed E-state index contributed by atoms with van der Waals surface area (Å²) in [5, 5.41) is 7.20. The Bertz CT molecular complexity index is 841. The Kier molecular flexibility index (Phi) is 5.69. The highest BCUT2D eigenvalue weighted by atomic mass is 35.5. The van der Waals surface area contributed by atoms with Gasteiger partial charge in [0.2, 0.25) is 0 Å². The van der Waals surface area contributed by atoms with E-state index in [0.29, 0.717) is 10.8 Å². The van der Waals surface area contributed by atoms with Crippen LogP contribution in [0.1, 0.15) is 5.56 Å². The fourth-order valence-corrected chi connectivity index (χ4v) is 2.66. The number of ether oxygens (including phenoxy) is 1. The molecule has 0 aliphatic carbocycles. The molecule has 128 valence electrons. The van der Waals surface area contributed by atoms with Crippen LogP contribution in [0.25, 0.3) is 0 Å². The van der Waals surface area contributed by atoms with Crippen molar-refractivity contribution in [2.45, 2.75) is 6.42 Å². The fourth-order valence-electron chi connectivity index (χ4n) is 2.47. The van der Waals surface area contributed by atoms with E-state index in [4.69, 9.17) is 16.3 Å². The molecule has 25 heavy (non-hydrogen) atoms. The smallest absolute Gasteiger partial charge is 0.135 e. The predicted octanol–water partition coefficient (Wildman–Crippen LogP) is 4.54. The van der Waals surface area contributed by atoms with Gasteiger partial charge in [-0.25, -0.2) is 9.97 Å². The summed E-state index contributed by atoms with van der Waals surface area (Å²) < 4.78 is 5.37. The van der Waals surface area contributed by atoms with Crippen molar-refractivity contribution in [3.63, 3.8) is 0 Å². The summed E-state index contributed by atoms with van der Waals surface area (Å²) in [6.07, 6.45) is 2.36. The molecule has 0 saturated carbocycles. The maximum atomic E-state index is 6.00. The lowest BCUT2D eigenvalue weighted by Crippen LogP contribution is -2.08. The lowest BCUT2D eigenvalue weighted by atomic mass is 10.1. The van der Waals surface area contributed by atoms with E-state index in [9.17, 15) is 0 Å². The van der Waals surface area contributed by atoms with Crippen molar-refractivity contribution in [3.8, 4) is 5.75 Å². The summed E-state index contributed by atoms with van der Waals surface area (Å²) in [6, 6.07) is 17.4. The number of halogens is 1. The van der Waals surface area contributed by atoms with Crippen LogP contribution in [0.2, 0.25) is 5.02 Å². The van der Waals surface area contributed by atoms with Gasteiger partial charge in [-0.15, -0.1) is 0 Å². The third kappa shape index (κ3) is 4.84. The van der Waals surface area contributed by atoms with Gasteiger partial charge < -0.3 is 15.4 Å². The van der Waals surface area contributed by atoms with E-state index in [1.165, 1.54) is 6.33 Å². The van der Waals surface area contributed by atoms with Crippen LogP contribution < -0.4 is 15.4 Å². The van der Waals surface area contributed by atoms with Gasteiger partial charge in [-0.2, -0.15) is 0 Å². The molecular formula is C19H19ClN4O. The standard InChI is InChI=1S/C19H19ClN4O/c1-25-17-8-3-2-5-14(17)9-10-21-18-12-19(23-13-22-18)24-16-7-4-6-15(20)11-16/h2-8,11-13H,9-10H2,1H3,(H2,21,22,23,24). The molecule has 0 fully saturated rings. The van der Waals surface area contributed by atoms with Crippen LogP contribution in [0.3, 0.4) is 0 Å². The Labute approximate surface area is 152 Å². The van der Waals surface area contributed by atoms with Crippen molar-refractivity contribution >= 4 is 28.9 Å². The second kappa shape index (κ2) is 8.35. The third-order valence-corrected chi connectivity index (χ3v) is 3.89. The van der Waals surface area contributed by atoms with Gasteiger partial charge in [0.05, 0.1) is 7.11 Å². The lowest BCUT2D eigenvalue weighted by molar-refractivity contribution is 0.410. The summed E-state index contributed by atoms with van der Waals surface area (Å²) in [7, 11) is 1.68. The van der Waals surface area contributed by atoms with Gasteiger partial charge in [0.25, 0.3) is 0 Å². The van der Waals surface area contributed by atoms with Crippen molar-refractivity contribution in [3.05, 3.63) is 71.5 Å². The summed E-state index contributed by atoms with van der Waals surface area (Å²) in [6.45, 7) is 0.744. The maximum Gasteiger partial charge on any atom is 0.135 e. The molecule has 0 atom stereocenters.